The topological polar surface area (TPSA) is 128 Å². The number of halogens is 3. The molecule has 0 radical (unpaired) electrons. The molecule has 0 aliphatic carbocycles. The lowest BCUT2D eigenvalue weighted by Gasteiger charge is -2.27. The van der Waals surface area contributed by atoms with Crippen LogP contribution in [0.4, 0.5) is 23.5 Å². The molecule has 0 amide bonds. The Morgan fingerprint density at radius 3 is 2.47 bits per heavy atom. The molecule has 2 heterocycles. The number of anilines is 4. The predicted molar refractivity (Wildman–Crippen MR) is 141 cm³/mol. The molecule has 0 bridgehead atoms. The van der Waals surface area contributed by atoms with Gasteiger partial charge < -0.3 is 25.2 Å². The molecular formula is C21H20Br3N7O3. The maximum absolute atomic E-state index is 10.2. The second-order valence-electron chi connectivity index (χ2n) is 7.32. The van der Waals surface area contributed by atoms with Crippen LogP contribution >= 0.6 is 47.8 Å². The number of morpholine rings is 1. The van der Waals surface area contributed by atoms with Gasteiger partial charge in [0.1, 0.15) is 16.0 Å². The van der Waals surface area contributed by atoms with E-state index in [1.807, 2.05) is 30.0 Å². The fraction of sp³-hybridized carbons (Fsp3) is 0.238. The van der Waals surface area contributed by atoms with Crippen molar-refractivity contribution in [1.82, 2.24) is 15.0 Å². The van der Waals surface area contributed by atoms with Crippen molar-refractivity contribution in [1.29, 1.82) is 0 Å². The highest BCUT2D eigenvalue weighted by Crippen LogP contribution is 2.40. The third-order valence-corrected chi connectivity index (χ3v) is 6.87. The molecule has 0 spiro atoms. The van der Waals surface area contributed by atoms with Crippen LogP contribution in [-0.2, 0) is 4.74 Å². The maximum atomic E-state index is 10.2. The number of phenolic OH excluding ortho intramolecular Hbond substituents is 2. The summed E-state index contributed by atoms with van der Waals surface area (Å²) in [6, 6.07) is 7.46. The summed E-state index contributed by atoms with van der Waals surface area (Å²) in [6.45, 7) is 4.50. The molecule has 1 saturated heterocycles. The molecule has 1 aromatic heterocycles. The Morgan fingerprint density at radius 1 is 1.00 bits per heavy atom. The number of phenols is 2. The number of hydrogen-bond acceptors (Lipinski definition) is 10. The van der Waals surface area contributed by atoms with Crippen molar-refractivity contribution >= 4 is 77.5 Å². The van der Waals surface area contributed by atoms with Gasteiger partial charge in [0.2, 0.25) is 17.8 Å². The lowest BCUT2D eigenvalue weighted by molar-refractivity contribution is 0.122. The minimum atomic E-state index is -0.150. The first-order valence-electron chi connectivity index (χ1n) is 10.1. The summed E-state index contributed by atoms with van der Waals surface area (Å²) in [5.74, 6) is 0.794. The van der Waals surface area contributed by atoms with E-state index in [1.165, 1.54) is 12.3 Å². The van der Waals surface area contributed by atoms with Crippen molar-refractivity contribution in [2.45, 2.75) is 6.92 Å². The Bertz CT molecular complexity index is 1240. The molecule has 4 rings (SSSR count). The molecule has 10 nitrogen and oxygen atoms in total. The van der Waals surface area contributed by atoms with Crippen LogP contribution in [0.5, 0.6) is 11.5 Å². The first-order chi connectivity index (χ1) is 16.3. The minimum Gasteiger partial charge on any atom is -0.506 e. The van der Waals surface area contributed by atoms with Gasteiger partial charge in [-0.15, -0.1) is 0 Å². The average Bonchev–Trinajstić information content (AvgIpc) is 2.83. The van der Waals surface area contributed by atoms with Gasteiger partial charge in [0, 0.05) is 23.1 Å². The molecule has 0 atom stereocenters. The van der Waals surface area contributed by atoms with Gasteiger partial charge in [0.15, 0.2) is 0 Å². The molecule has 13 heteroatoms. The lowest BCUT2D eigenvalue weighted by Crippen LogP contribution is -2.37. The molecule has 34 heavy (non-hydrogen) atoms. The van der Waals surface area contributed by atoms with Gasteiger partial charge in [0.05, 0.1) is 29.6 Å². The SMILES string of the molecule is Cc1ccc(Nc2nc(N/N=C\c3cc(Br)c(O)c(Br)c3O)nc(N3CCOCC3)n2)c(Br)c1. The lowest BCUT2D eigenvalue weighted by atomic mass is 10.2. The highest BCUT2D eigenvalue weighted by Gasteiger charge is 2.17. The van der Waals surface area contributed by atoms with Crippen molar-refractivity contribution in [3.63, 3.8) is 0 Å². The van der Waals surface area contributed by atoms with Gasteiger partial charge in [0.25, 0.3) is 0 Å². The van der Waals surface area contributed by atoms with Gasteiger partial charge in [-0.2, -0.15) is 20.1 Å². The average molecular weight is 658 g/mol. The highest BCUT2D eigenvalue weighted by atomic mass is 79.9. The van der Waals surface area contributed by atoms with Crippen molar-refractivity contribution in [3.05, 3.63) is 48.8 Å². The fourth-order valence-electron chi connectivity index (χ4n) is 3.09. The number of aromatic hydroxyl groups is 2. The Labute approximate surface area is 220 Å². The zero-order chi connectivity index (χ0) is 24.2. The summed E-state index contributed by atoms with van der Waals surface area (Å²) < 4.78 is 6.88. The van der Waals surface area contributed by atoms with Crippen LogP contribution in [0.3, 0.4) is 0 Å². The smallest absolute Gasteiger partial charge is 0.250 e. The van der Waals surface area contributed by atoms with E-state index in [1.54, 1.807) is 0 Å². The summed E-state index contributed by atoms with van der Waals surface area (Å²) >= 11 is 9.95. The van der Waals surface area contributed by atoms with E-state index in [2.05, 4.69) is 78.6 Å². The summed E-state index contributed by atoms with van der Waals surface area (Å²) in [5.41, 5.74) is 5.09. The number of benzene rings is 2. The summed E-state index contributed by atoms with van der Waals surface area (Å²) in [6.07, 6.45) is 1.39. The van der Waals surface area contributed by atoms with E-state index < -0.39 is 0 Å². The van der Waals surface area contributed by atoms with E-state index >= 15 is 0 Å². The van der Waals surface area contributed by atoms with Crippen LogP contribution in [0.2, 0.25) is 0 Å². The molecule has 1 fully saturated rings. The third kappa shape index (κ3) is 5.77. The Kier molecular flexibility index (Phi) is 7.86. The van der Waals surface area contributed by atoms with E-state index in [0.717, 1.165) is 15.7 Å². The summed E-state index contributed by atoms with van der Waals surface area (Å²) in [7, 11) is 0. The number of nitrogens with one attached hydrogen (secondary N) is 2. The molecule has 1 aliphatic rings. The van der Waals surface area contributed by atoms with Crippen molar-refractivity contribution in [3.8, 4) is 11.5 Å². The third-order valence-electron chi connectivity index (χ3n) is 4.85. The number of nitrogens with zero attached hydrogens (tertiary/aromatic N) is 5. The normalized spacial score (nSPS) is 13.9. The first kappa shape index (κ1) is 24.6. The summed E-state index contributed by atoms with van der Waals surface area (Å²) in [5, 5.41) is 27.5. The van der Waals surface area contributed by atoms with Crippen molar-refractivity contribution in [2.24, 2.45) is 5.10 Å². The number of rotatable bonds is 6. The molecule has 1 aliphatic heterocycles. The van der Waals surface area contributed by atoms with Gasteiger partial charge >= 0.3 is 0 Å². The predicted octanol–water partition coefficient (Wildman–Crippen LogP) is 4.90. The molecule has 178 valence electrons. The Morgan fingerprint density at radius 2 is 1.74 bits per heavy atom. The highest BCUT2D eigenvalue weighted by molar-refractivity contribution is 9.11. The molecule has 2 aromatic carbocycles. The van der Waals surface area contributed by atoms with E-state index in [-0.39, 0.29) is 21.9 Å². The molecule has 3 aromatic rings. The number of hydrogen-bond donors (Lipinski definition) is 4. The molecule has 0 saturated carbocycles. The van der Waals surface area contributed by atoms with E-state index in [4.69, 9.17) is 4.74 Å². The van der Waals surface area contributed by atoms with E-state index in [0.29, 0.717) is 48.2 Å². The molecular weight excluding hydrogens is 638 g/mol. The van der Waals surface area contributed by atoms with Gasteiger partial charge in [-0.1, -0.05) is 6.07 Å². The first-order valence-corrected chi connectivity index (χ1v) is 12.5. The monoisotopic (exact) mass is 655 g/mol. The Balaban J connectivity index is 1.62. The largest absolute Gasteiger partial charge is 0.506 e. The number of hydrazone groups is 1. The molecule has 4 N–H and O–H groups in total. The summed E-state index contributed by atoms with van der Waals surface area (Å²) in [4.78, 5) is 15.5. The second-order valence-corrected chi connectivity index (χ2v) is 9.82. The number of aryl methyl sites for hydroxylation is 1. The molecule has 0 unspecified atom stereocenters. The minimum absolute atomic E-state index is 0.104. The van der Waals surface area contributed by atoms with Gasteiger partial charge in [-0.05, 0) is 78.5 Å². The van der Waals surface area contributed by atoms with E-state index in [9.17, 15) is 10.2 Å². The quantitative estimate of drug-likeness (QED) is 0.216. The number of ether oxygens (including phenoxy) is 1. The van der Waals surface area contributed by atoms with Crippen molar-refractivity contribution in [2.75, 3.05) is 41.9 Å². The van der Waals surface area contributed by atoms with Crippen LogP contribution in [0.1, 0.15) is 11.1 Å². The zero-order valence-electron chi connectivity index (χ0n) is 17.9. The van der Waals surface area contributed by atoms with Crippen LogP contribution in [0, 0.1) is 6.92 Å². The maximum Gasteiger partial charge on any atom is 0.250 e. The van der Waals surface area contributed by atoms with Gasteiger partial charge in [-0.3, -0.25) is 0 Å². The van der Waals surface area contributed by atoms with Gasteiger partial charge in [-0.25, -0.2) is 5.43 Å². The number of aromatic nitrogens is 3. The second kappa shape index (κ2) is 10.8. The standard InChI is InChI=1S/C21H20Br3N7O3/c1-11-2-3-15(13(22)8-11)26-19-27-20(29-21(28-19)31-4-6-34-7-5-31)30-25-10-12-9-14(23)18(33)16(24)17(12)32/h2-3,8-10,32-33H,4-7H2,1H3,(H2,26,27,28,29,30)/b25-10-. The van der Waals surface area contributed by atoms with Crippen LogP contribution in [-0.4, -0.2) is 57.7 Å². The van der Waals surface area contributed by atoms with Crippen LogP contribution in [0.15, 0.2) is 42.8 Å². The van der Waals surface area contributed by atoms with Crippen molar-refractivity contribution < 1.29 is 14.9 Å². The zero-order valence-corrected chi connectivity index (χ0v) is 22.6. The van der Waals surface area contributed by atoms with Crippen LogP contribution < -0.4 is 15.6 Å². The van der Waals surface area contributed by atoms with Crippen LogP contribution in [0.25, 0.3) is 0 Å². The Hall–Kier alpha value is -2.48. The fourth-order valence-corrected chi connectivity index (χ4v) is 4.84.